The van der Waals surface area contributed by atoms with Crippen LogP contribution in [0.3, 0.4) is 0 Å². The molecule has 2 aromatic rings. The molecule has 132 valence electrons. The van der Waals surface area contributed by atoms with Gasteiger partial charge in [0.2, 0.25) is 0 Å². The molecule has 0 radical (unpaired) electrons. The molecular weight excluding hydrogens is 320 g/mol. The zero-order chi connectivity index (χ0) is 17.6. The minimum absolute atomic E-state index is 0.315. The van der Waals surface area contributed by atoms with E-state index in [1.165, 1.54) is 0 Å². The van der Waals surface area contributed by atoms with Gasteiger partial charge in [0.05, 0.1) is 19.3 Å². The fourth-order valence-corrected chi connectivity index (χ4v) is 3.49. The molecule has 25 heavy (non-hydrogen) atoms. The maximum absolute atomic E-state index is 10.5. The van der Waals surface area contributed by atoms with Gasteiger partial charge in [-0.2, -0.15) is 0 Å². The van der Waals surface area contributed by atoms with E-state index in [4.69, 9.17) is 18.9 Å². The van der Waals surface area contributed by atoms with E-state index in [9.17, 15) is 5.11 Å². The first-order valence-electron chi connectivity index (χ1n) is 8.43. The fourth-order valence-electron chi connectivity index (χ4n) is 3.49. The molecule has 2 aliphatic rings. The fraction of sp³-hybridized carbons (Fsp3) is 0.400. The number of aliphatic hydroxyl groups excluding tert-OH is 1. The van der Waals surface area contributed by atoms with E-state index in [1.807, 2.05) is 50.2 Å². The molecule has 0 bridgehead atoms. The van der Waals surface area contributed by atoms with Crippen LogP contribution in [0.2, 0.25) is 0 Å². The van der Waals surface area contributed by atoms with Crippen molar-refractivity contribution >= 4 is 16.5 Å². The number of hydrogen-bond acceptors (Lipinski definition) is 5. The molecule has 0 saturated carbocycles. The Kier molecular flexibility index (Phi) is 3.95. The Bertz CT molecular complexity index is 826. The molecule has 2 heterocycles. The lowest BCUT2D eigenvalue weighted by atomic mass is 10.0. The van der Waals surface area contributed by atoms with Crippen LogP contribution in [0.25, 0.3) is 16.5 Å². The van der Waals surface area contributed by atoms with E-state index in [2.05, 4.69) is 0 Å². The minimum Gasteiger partial charge on any atom is -0.495 e. The van der Waals surface area contributed by atoms with Crippen molar-refractivity contribution in [1.29, 1.82) is 0 Å². The van der Waals surface area contributed by atoms with E-state index in [0.29, 0.717) is 12.4 Å². The molecule has 2 aromatic carbocycles. The number of benzene rings is 2. The topological polar surface area (TPSA) is 57.2 Å². The molecule has 5 heteroatoms. The number of ether oxygens (including phenoxy) is 4. The van der Waals surface area contributed by atoms with Gasteiger partial charge in [0.15, 0.2) is 11.9 Å². The van der Waals surface area contributed by atoms with Crippen molar-refractivity contribution in [3.8, 4) is 5.75 Å². The second-order valence-corrected chi connectivity index (χ2v) is 6.84. The van der Waals surface area contributed by atoms with Crippen LogP contribution in [-0.2, 0) is 14.2 Å². The number of fused-ring (bicyclic) bond motifs is 1. The first-order chi connectivity index (χ1) is 12.0. The summed E-state index contributed by atoms with van der Waals surface area (Å²) in [6, 6.07) is 12.0. The van der Waals surface area contributed by atoms with Crippen molar-refractivity contribution in [2.75, 3.05) is 13.7 Å². The standard InChI is InChI=1S/C20H22O5/c1-20(2)23-11-17(25-20)19-15(21)10-16(24-19)14-9-8-12-6-4-5-7-13(12)18(14)22-3/h4-10,15,17,19,21H,11H2,1-3H3/t15-,17-,19+/m1/s1. The van der Waals surface area contributed by atoms with Gasteiger partial charge in [0, 0.05) is 5.39 Å². The monoisotopic (exact) mass is 342 g/mol. The smallest absolute Gasteiger partial charge is 0.163 e. The van der Waals surface area contributed by atoms with Gasteiger partial charge in [-0.3, -0.25) is 0 Å². The van der Waals surface area contributed by atoms with Gasteiger partial charge in [0.25, 0.3) is 0 Å². The third kappa shape index (κ3) is 2.88. The van der Waals surface area contributed by atoms with Crippen LogP contribution in [0.4, 0.5) is 0 Å². The lowest BCUT2D eigenvalue weighted by Crippen LogP contribution is -2.37. The maximum Gasteiger partial charge on any atom is 0.163 e. The first-order valence-corrected chi connectivity index (χ1v) is 8.43. The van der Waals surface area contributed by atoms with Gasteiger partial charge in [-0.05, 0) is 31.4 Å². The van der Waals surface area contributed by atoms with Crippen LogP contribution in [0.1, 0.15) is 19.4 Å². The first kappa shape index (κ1) is 16.4. The molecule has 5 nitrogen and oxygen atoms in total. The Morgan fingerprint density at radius 3 is 2.68 bits per heavy atom. The average Bonchev–Trinajstić information content (AvgIpc) is 3.15. The second-order valence-electron chi connectivity index (χ2n) is 6.84. The van der Waals surface area contributed by atoms with Crippen LogP contribution in [-0.4, -0.2) is 42.9 Å². The summed E-state index contributed by atoms with van der Waals surface area (Å²) in [4.78, 5) is 0. The molecule has 4 rings (SSSR count). The average molecular weight is 342 g/mol. The maximum atomic E-state index is 10.5. The van der Waals surface area contributed by atoms with Crippen LogP contribution in [0, 0.1) is 0 Å². The highest BCUT2D eigenvalue weighted by Gasteiger charge is 2.44. The number of hydrogen-bond donors (Lipinski definition) is 1. The van der Waals surface area contributed by atoms with Gasteiger partial charge in [-0.1, -0.05) is 30.3 Å². The Morgan fingerprint density at radius 2 is 1.96 bits per heavy atom. The lowest BCUT2D eigenvalue weighted by Gasteiger charge is -2.23. The molecule has 0 spiro atoms. The minimum atomic E-state index is -0.756. The van der Waals surface area contributed by atoms with E-state index in [0.717, 1.165) is 22.1 Å². The number of methoxy groups -OCH3 is 1. The quantitative estimate of drug-likeness (QED) is 0.929. The molecule has 0 aliphatic carbocycles. The van der Waals surface area contributed by atoms with Gasteiger partial charge < -0.3 is 24.1 Å². The van der Waals surface area contributed by atoms with Gasteiger partial charge in [-0.15, -0.1) is 0 Å². The molecule has 1 fully saturated rings. The Morgan fingerprint density at radius 1 is 1.16 bits per heavy atom. The highest BCUT2D eigenvalue weighted by molar-refractivity contribution is 5.93. The summed E-state index contributed by atoms with van der Waals surface area (Å²) in [5.41, 5.74) is 0.820. The molecule has 3 atom stereocenters. The summed E-state index contributed by atoms with van der Waals surface area (Å²) in [7, 11) is 1.64. The van der Waals surface area contributed by atoms with Crippen molar-refractivity contribution in [2.45, 2.75) is 37.9 Å². The SMILES string of the molecule is COc1c(C2=C[C@@H](O)[C@@H]([C@H]3COC(C)(C)O3)O2)ccc2ccccc12. The third-order valence-corrected chi connectivity index (χ3v) is 4.67. The van der Waals surface area contributed by atoms with Gasteiger partial charge in [0.1, 0.15) is 23.7 Å². The number of rotatable bonds is 3. The van der Waals surface area contributed by atoms with Crippen LogP contribution in [0.5, 0.6) is 5.75 Å². The van der Waals surface area contributed by atoms with Crippen LogP contribution >= 0.6 is 0 Å². The molecule has 0 unspecified atom stereocenters. The Labute approximate surface area is 146 Å². The molecule has 2 aliphatic heterocycles. The van der Waals surface area contributed by atoms with Gasteiger partial charge in [-0.25, -0.2) is 0 Å². The molecule has 0 aromatic heterocycles. The predicted molar refractivity (Wildman–Crippen MR) is 94.3 cm³/mol. The summed E-state index contributed by atoms with van der Waals surface area (Å²) < 4.78 is 23.1. The van der Waals surface area contributed by atoms with E-state index < -0.39 is 18.0 Å². The van der Waals surface area contributed by atoms with Crippen LogP contribution in [0.15, 0.2) is 42.5 Å². The second kappa shape index (κ2) is 6.02. The van der Waals surface area contributed by atoms with Crippen LogP contribution < -0.4 is 4.74 Å². The summed E-state index contributed by atoms with van der Waals surface area (Å²) in [6.45, 7) is 4.11. The van der Waals surface area contributed by atoms with Crippen molar-refractivity contribution in [3.05, 3.63) is 48.0 Å². The molecule has 0 amide bonds. The van der Waals surface area contributed by atoms with Crippen molar-refractivity contribution in [3.63, 3.8) is 0 Å². The Hall–Kier alpha value is -2.08. The Balaban J connectivity index is 1.65. The summed E-state index contributed by atoms with van der Waals surface area (Å²) in [5.74, 6) is 0.687. The zero-order valence-corrected chi connectivity index (χ0v) is 14.6. The van der Waals surface area contributed by atoms with Crippen molar-refractivity contribution < 1.29 is 24.1 Å². The summed E-state index contributed by atoms with van der Waals surface area (Å²) in [6.07, 6.45) is 0.151. The summed E-state index contributed by atoms with van der Waals surface area (Å²) >= 11 is 0. The lowest BCUT2D eigenvalue weighted by molar-refractivity contribution is -0.154. The molecule has 1 N–H and O–H groups in total. The van der Waals surface area contributed by atoms with Crippen molar-refractivity contribution in [1.82, 2.24) is 0 Å². The largest absolute Gasteiger partial charge is 0.495 e. The van der Waals surface area contributed by atoms with E-state index in [1.54, 1.807) is 13.2 Å². The van der Waals surface area contributed by atoms with E-state index in [-0.39, 0.29) is 6.10 Å². The molecule has 1 saturated heterocycles. The predicted octanol–water partition coefficient (Wildman–Crippen LogP) is 3.10. The normalized spacial score (nSPS) is 28.0. The number of aliphatic hydroxyl groups is 1. The van der Waals surface area contributed by atoms with Gasteiger partial charge >= 0.3 is 0 Å². The van der Waals surface area contributed by atoms with E-state index >= 15 is 0 Å². The zero-order valence-electron chi connectivity index (χ0n) is 14.6. The third-order valence-electron chi connectivity index (χ3n) is 4.67. The molecular formula is C20H22O5. The highest BCUT2D eigenvalue weighted by Crippen LogP contribution is 2.39. The van der Waals surface area contributed by atoms with Crippen molar-refractivity contribution in [2.24, 2.45) is 0 Å². The highest BCUT2D eigenvalue weighted by atomic mass is 16.8. The summed E-state index contributed by atoms with van der Waals surface area (Å²) in [5, 5.41) is 12.5.